The van der Waals surface area contributed by atoms with Crippen LogP contribution in [0.1, 0.15) is 26.0 Å². The van der Waals surface area contributed by atoms with E-state index in [2.05, 4.69) is 18.8 Å². The van der Waals surface area contributed by atoms with Gasteiger partial charge in [0.1, 0.15) is 5.52 Å². The van der Waals surface area contributed by atoms with Gasteiger partial charge in [0.25, 0.3) is 5.91 Å². The van der Waals surface area contributed by atoms with Gasteiger partial charge < -0.3 is 9.64 Å². The van der Waals surface area contributed by atoms with E-state index in [4.69, 9.17) is 27.9 Å². The molecular weight excluding hydrogens is 359 g/mol. The number of carbonyl (C=O) groups is 1. The molecule has 1 fully saturated rings. The lowest BCUT2D eigenvalue weighted by Crippen LogP contribution is -2.44. The molecule has 0 aliphatic carbocycles. The van der Waals surface area contributed by atoms with Crippen molar-refractivity contribution < 1.29 is 9.53 Å². The maximum absolute atomic E-state index is 12.6. The highest BCUT2D eigenvalue weighted by atomic mass is 35.5. The van der Waals surface area contributed by atoms with Crippen molar-refractivity contribution in [1.82, 2.24) is 9.88 Å². The number of amides is 1. The lowest BCUT2D eigenvalue weighted by molar-refractivity contribution is -0.136. The van der Waals surface area contributed by atoms with Crippen molar-refractivity contribution in [2.24, 2.45) is 11.8 Å². The summed E-state index contributed by atoms with van der Waals surface area (Å²) in [5.41, 5.74) is 1.42. The molecule has 2 unspecified atom stereocenters. The summed E-state index contributed by atoms with van der Waals surface area (Å²) in [4.78, 5) is 18.9. The fraction of sp³-hybridized carbons (Fsp3) is 0.474. The molecule has 1 aliphatic rings. The molecule has 3 rings (SSSR count). The van der Waals surface area contributed by atoms with Crippen molar-refractivity contribution in [1.29, 1.82) is 0 Å². The lowest BCUT2D eigenvalue weighted by Gasteiger charge is -2.34. The average Bonchev–Trinajstić information content (AvgIpc) is 2.53. The standard InChI is InChI=1S/C19H22Cl2N2O2/c1-11-6-12(2)9-23(8-11)17(24)10-25-19-16(21)7-15(20)14-5-4-13(3)22-18(14)19/h4-5,7,11-12H,6,8-10H2,1-3H3. The summed E-state index contributed by atoms with van der Waals surface area (Å²) in [6, 6.07) is 5.40. The molecule has 4 nitrogen and oxygen atoms in total. The fourth-order valence-corrected chi connectivity index (χ4v) is 4.09. The van der Waals surface area contributed by atoms with Crippen molar-refractivity contribution in [2.75, 3.05) is 19.7 Å². The van der Waals surface area contributed by atoms with E-state index in [0.717, 1.165) is 30.6 Å². The number of halogens is 2. The Balaban J connectivity index is 1.81. The van der Waals surface area contributed by atoms with E-state index in [-0.39, 0.29) is 12.5 Å². The number of piperidine rings is 1. The third-order valence-electron chi connectivity index (χ3n) is 4.54. The first-order valence-corrected chi connectivity index (χ1v) is 9.26. The van der Waals surface area contributed by atoms with Crippen LogP contribution in [0, 0.1) is 18.8 Å². The van der Waals surface area contributed by atoms with E-state index in [0.29, 0.717) is 33.1 Å². The molecule has 1 amide bonds. The van der Waals surface area contributed by atoms with Crippen LogP contribution in [0.25, 0.3) is 10.9 Å². The molecular formula is C19H22Cl2N2O2. The van der Waals surface area contributed by atoms with Crippen LogP contribution in [-0.2, 0) is 4.79 Å². The third-order valence-corrected chi connectivity index (χ3v) is 5.13. The maximum Gasteiger partial charge on any atom is 0.260 e. The number of benzene rings is 1. The van der Waals surface area contributed by atoms with Crippen molar-refractivity contribution in [3.63, 3.8) is 0 Å². The first kappa shape index (κ1) is 18.3. The largest absolute Gasteiger partial charge is 0.480 e. The average molecular weight is 381 g/mol. The van der Waals surface area contributed by atoms with E-state index in [1.165, 1.54) is 0 Å². The summed E-state index contributed by atoms with van der Waals surface area (Å²) >= 11 is 12.6. The van der Waals surface area contributed by atoms with Gasteiger partial charge in [-0.05, 0) is 43.4 Å². The number of pyridine rings is 1. The van der Waals surface area contributed by atoms with Crippen LogP contribution in [-0.4, -0.2) is 35.5 Å². The second-order valence-electron chi connectivity index (χ2n) is 7.05. The van der Waals surface area contributed by atoms with E-state index < -0.39 is 0 Å². The van der Waals surface area contributed by atoms with Gasteiger partial charge in [-0.15, -0.1) is 0 Å². The summed E-state index contributed by atoms with van der Waals surface area (Å²) in [6.45, 7) is 7.74. The van der Waals surface area contributed by atoms with Gasteiger partial charge in [-0.2, -0.15) is 0 Å². The number of hydrogen-bond donors (Lipinski definition) is 0. The second kappa shape index (κ2) is 7.38. The zero-order chi connectivity index (χ0) is 18.1. The summed E-state index contributed by atoms with van der Waals surface area (Å²) in [5, 5.41) is 1.65. The van der Waals surface area contributed by atoms with E-state index >= 15 is 0 Å². The highest BCUT2D eigenvalue weighted by Crippen LogP contribution is 2.37. The minimum Gasteiger partial charge on any atom is -0.480 e. The first-order valence-electron chi connectivity index (χ1n) is 8.51. The first-order chi connectivity index (χ1) is 11.8. The Hall–Kier alpha value is -1.52. The van der Waals surface area contributed by atoms with E-state index in [9.17, 15) is 4.79 Å². The minimum absolute atomic E-state index is 0.0229. The second-order valence-corrected chi connectivity index (χ2v) is 7.87. The number of fused-ring (bicyclic) bond motifs is 1. The molecule has 6 heteroatoms. The Labute approximate surface area is 158 Å². The molecule has 134 valence electrons. The smallest absolute Gasteiger partial charge is 0.260 e. The van der Waals surface area contributed by atoms with Crippen LogP contribution < -0.4 is 4.74 Å². The van der Waals surface area contributed by atoms with Gasteiger partial charge in [0.15, 0.2) is 12.4 Å². The quantitative estimate of drug-likeness (QED) is 0.772. The van der Waals surface area contributed by atoms with Gasteiger partial charge in [0.2, 0.25) is 0 Å². The van der Waals surface area contributed by atoms with Gasteiger partial charge >= 0.3 is 0 Å². The van der Waals surface area contributed by atoms with Crippen molar-refractivity contribution in [3.8, 4) is 5.75 Å². The highest BCUT2D eigenvalue weighted by Gasteiger charge is 2.26. The Morgan fingerprint density at radius 1 is 1.24 bits per heavy atom. The minimum atomic E-state index is -0.0501. The van der Waals surface area contributed by atoms with Crippen LogP contribution in [0.15, 0.2) is 18.2 Å². The molecule has 1 aromatic heterocycles. The number of rotatable bonds is 3. The number of carbonyl (C=O) groups excluding carboxylic acids is 1. The Bertz CT molecular complexity index is 800. The molecule has 0 bridgehead atoms. The molecule has 0 spiro atoms. The van der Waals surface area contributed by atoms with Crippen molar-refractivity contribution in [2.45, 2.75) is 27.2 Å². The Morgan fingerprint density at radius 3 is 2.60 bits per heavy atom. The number of aryl methyl sites for hydroxylation is 1. The number of aromatic nitrogens is 1. The molecule has 1 saturated heterocycles. The molecule has 2 heterocycles. The molecule has 0 saturated carbocycles. The summed E-state index contributed by atoms with van der Waals surface area (Å²) in [6.07, 6.45) is 1.15. The number of nitrogens with zero attached hydrogens (tertiary/aromatic N) is 2. The summed E-state index contributed by atoms with van der Waals surface area (Å²) < 4.78 is 5.80. The van der Waals surface area contributed by atoms with Gasteiger partial charge in [-0.3, -0.25) is 4.79 Å². The molecule has 2 atom stereocenters. The number of likely N-dealkylation sites (tertiary alicyclic amines) is 1. The van der Waals surface area contributed by atoms with E-state index in [1.807, 2.05) is 24.0 Å². The molecule has 0 N–H and O–H groups in total. The molecule has 1 aromatic carbocycles. The molecule has 1 aliphatic heterocycles. The van der Waals surface area contributed by atoms with Gasteiger partial charge in [0.05, 0.1) is 10.0 Å². The predicted octanol–water partition coefficient (Wildman–Crippen LogP) is 4.73. The maximum atomic E-state index is 12.6. The van der Waals surface area contributed by atoms with Gasteiger partial charge in [-0.1, -0.05) is 37.0 Å². The van der Waals surface area contributed by atoms with Crippen molar-refractivity contribution >= 4 is 40.0 Å². The SMILES string of the molecule is Cc1ccc2c(Cl)cc(Cl)c(OCC(=O)N3CC(C)CC(C)C3)c2n1. The summed E-state index contributed by atoms with van der Waals surface area (Å²) in [5.74, 6) is 1.41. The van der Waals surface area contributed by atoms with E-state index in [1.54, 1.807) is 6.07 Å². The molecule has 25 heavy (non-hydrogen) atoms. The normalized spacial score (nSPS) is 20.8. The fourth-order valence-electron chi connectivity index (χ4n) is 3.52. The molecule has 0 radical (unpaired) electrons. The van der Waals surface area contributed by atoms with Crippen LogP contribution in [0.3, 0.4) is 0 Å². The number of ether oxygens (including phenoxy) is 1. The molecule has 2 aromatic rings. The Morgan fingerprint density at radius 2 is 1.92 bits per heavy atom. The summed E-state index contributed by atoms with van der Waals surface area (Å²) in [7, 11) is 0. The van der Waals surface area contributed by atoms with Crippen LogP contribution in [0.4, 0.5) is 0 Å². The third kappa shape index (κ3) is 4.01. The van der Waals surface area contributed by atoms with Crippen LogP contribution in [0.5, 0.6) is 5.75 Å². The number of hydrogen-bond acceptors (Lipinski definition) is 3. The zero-order valence-corrected chi connectivity index (χ0v) is 16.2. The Kier molecular flexibility index (Phi) is 5.40. The van der Waals surface area contributed by atoms with Crippen LogP contribution >= 0.6 is 23.2 Å². The monoisotopic (exact) mass is 380 g/mol. The predicted molar refractivity (Wildman–Crippen MR) is 102 cm³/mol. The zero-order valence-electron chi connectivity index (χ0n) is 14.7. The highest BCUT2D eigenvalue weighted by molar-refractivity contribution is 6.39. The van der Waals surface area contributed by atoms with Gasteiger partial charge in [-0.25, -0.2) is 4.98 Å². The lowest BCUT2D eigenvalue weighted by atomic mass is 9.92. The topological polar surface area (TPSA) is 42.4 Å². The van der Waals surface area contributed by atoms with Gasteiger partial charge in [0, 0.05) is 24.2 Å². The van der Waals surface area contributed by atoms with Crippen molar-refractivity contribution in [3.05, 3.63) is 33.9 Å². The van der Waals surface area contributed by atoms with Crippen LogP contribution in [0.2, 0.25) is 10.0 Å².